The van der Waals surface area contributed by atoms with E-state index in [0.29, 0.717) is 23.3 Å². The van der Waals surface area contributed by atoms with Crippen molar-refractivity contribution in [2.45, 2.75) is 13.1 Å². The van der Waals surface area contributed by atoms with Crippen LogP contribution in [-0.2, 0) is 13.1 Å². The van der Waals surface area contributed by atoms with E-state index in [1.165, 1.54) is 4.90 Å². The first kappa shape index (κ1) is 17.9. The second-order valence-corrected chi connectivity index (χ2v) is 6.55. The molecular weight excluding hydrogens is 392 g/mol. The lowest BCUT2D eigenvalue weighted by atomic mass is 10.2. The van der Waals surface area contributed by atoms with E-state index in [9.17, 15) is 4.79 Å². The molecule has 6 heteroatoms. The van der Waals surface area contributed by atoms with Crippen molar-refractivity contribution < 1.29 is 4.79 Å². The Hall–Kier alpha value is -2.91. The molecule has 0 saturated carbocycles. The molecular formula is C20H17BrN4O. The second-order valence-electron chi connectivity index (χ2n) is 5.80. The number of amides is 1. The van der Waals surface area contributed by atoms with Gasteiger partial charge in [-0.05, 0) is 27.1 Å². The van der Waals surface area contributed by atoms with Crippen LogP contribution in [0.25, 0.3) is 0 Å². The maximum Gasteiger partial charge on any atom is 0.259 e. The van der Waals surface area contributed by atoms with Crippen molar-refractivity contribution in [1.29, 1.82) is 5.26 Å². The van der Waals surface area contributed by atoms with Gasteiger partial charge in [-0.3, -0.25) is 9.48 Å². The van der Waals surface area contributed by atoms with Crippen LogP contribution in [0.5, 0.6) is 0 Å². The monoisotopic (exact) mass is 408 g/mol. The molecule has 0 aliphatic carbocycles. The minimum absolute atomic E-state index is 0.0179. The number of nitrogens with zero attached hydrogens (tertiary/aromatic N) is 4. The van der Waals surface area contributed by atoms with Gasteiger partial charge in [-0.15, -0.1) is 0 Å². The number of carbonyl (C=O) groups is 1. The molecule has 1 amide bonds. The van der Waals surface area contributed by atoms with Crippen molar-refractivity contribution in [2.24, 2.45) is 0 Å². The number of aromatic nitrogens is 2. The summed E-state index contributed by atoms with van der Waals surface area (Å²) in [6.45, 7) is 0.958. The van der Waals surface area contributed by atoms with Crippen LogP contribution in [0.15, 0.2) is 71.5 Å². The Labute approximate surface area is 160 Å². The Bertz CT molecular complexity index is 916. The van der Waals surface area contributed by atoms with E-state index < -0.39 is 0 Å². The molecule has 1 aromatic heterocycles. The third-order valence-electron chi connectivity index (χ3n) is 3.95. The number of hydrogen-bond acceptors (Lipinski definition) is 3. The lowest BCUT2D eigenvalue weighted by Crippen LogP contribution is -2.31. The van der Waals surface area contributed by atoms with Crippen LogP contribution >= 0.6 is 15.9 Å². The van der Waals surface area contributed by atoms with Crippen LogP contribution in [-0.4, -0.2) is 27.1 Å². The molecule has 0 bridgehead atoms. The van der Waals surface area contributed by atoms with Crippen LogP contribution < -0.4 is 0 Å². The molecule has 0 radical (unpaired) electrons. The first-order valence-corrected chi connectivity index (χ1v) is 8.93. The van der Waals surface area contributed by atoms with Crippen molar-refractivity contribution in [1.82, 2.24) is 14.7 Å². The van der Waals surface area contributed by atoms with Crippen LogP contribution in [0.1, 0.15) is 21.5 Å². The molecule has 0 N–H and O–H groups in total. The van der Waals surface area contributed by atoms with E-state index in [1.807, 2.05) is 60.7 Å². The summed E-state index contributed by atoms with van der Waals surface area (Å²) in [5.41, 5.74) is 2.52. The number of rotatable bonds is 6. The second kappa shape index (κ2) is 8.45. The topological polar surface area (TPSA) is 61.9 Å². The first-order valence-electron chi connectivity index (χ1n) is 8.14. The molecule has 0 spiro atoms. The van der Waals surface area contributed by atoms with Gasteiger partial charge in [0.05, 0.1) is 24.4 Å². The number of hydrogen-bond donors (Lipinski definition) is 0. The predicted molar refractivity (Wildman–Crippen MR) is 102 cm³/mol. The Balaban J connectivity index is 1.80. The molecule has 3 aromatic rings. The predicted octanol–water partition coefficient (Wildman–Crippen LogP) is 3.86. The van der Waals surface area contributed by atoms with Gasteiger partial charge in [-0.2, -0.15) is 10.4 Å². The lowest BCUT2D eigenvalue weighted by Gasteiger charge is -2.19. The van der Waals surface area contributed by atoms with Gasteiger partial charge in [0, 0.05) is 6.54 Å². The van der Waals surface area contributed by atoms with E-state index in [4.69, 9.17) is 5.26 Å². The third-order valence-corrected chi connectivity index (χ3v) is 4.78. The molecule has 26 heavy (non-hydrogen) atoms. The third kappa shape index (κ3) is 4.19. The normalized spacial score (nSPS) is 10.3. The molecule has 0 atom stereocenters. The van der Waals surface area contributed by atoms with Crippen molar-refractivity contribution in [3.63, 3.8) is 0 Å². The average molecular weight is 409 g/mol. The van der Waals surface area contributed by atoms with Crippen LogP contribution in [0.4, 0.5) is 0 Å². The molecule has 0 unspecified atom stereocenters. The molecule has 0 aliphatic heterocycles. The van der Waals surface area contributed by atoms with E-state index in [-0.39, 0.29) is 12.5 Å². The standard InChI is InChI=1S/C20H17BrN4O/c21-19-18(13-23-25(19)15-17-9-5-2-6-10-17)20(26)24(12-11-22)14-16-7-3-1-4-8-16/h1-10,13H,12,14-15H2. The summed E-state index contributed by atoms with van der Waals surface area (Å²) >= 11 is 3.48. The summed E-state index contributed by atoms with van der Waals surface area (Å²) in [5, 5.41) is 13.4. The molecule has 130 valence electrons. The highest BCUT2D eigenvalue weighted by atomic mass is 79.9. The van der Waals surface area contributed by atoms with Crippen molar-refractivity contribution in [3.8, 4) is 6.07 Å². The van der Waals surface area contributed by atoms with E-state index in [0.717, 1.165) is 11.1 Å². The molecule has 0 fully saturated rings. The minimum atomic E-state index is -0.221. The highest BCUT2D eigenvalue weighted by Gasteiger charge is 2.22. The zero-order chi connectivity index (χ0) is 18.4. The fraction of sp³-hybridized carbons (Fsp3) is 0.150. The van der Waals surface area contributed by atoms with Crippen molar-refractivity contribution in [3.05, 3.63) is 88.2 Å². The van der Waals surface area contributed by atoms with E-state index >= 15 is 0 Å². The zero-order valence-corrected chi connectivity index (χ0v) is 15.6. The summed E-state index contributed by atoms with van der Waals surface area (Å²) in [5.74, 6) is -0.221. The Morgan fingerprint density at radius 3 is 2.31 bits per heavy atom. The maximum absolute atomic E-state index is 12.9. The lowest BCUT2D eigenvalue weighted by molar-refractivity contribution is 0.0764. The first-order chi connectivity index (χ1) is 12.7. The average Bonchev–Trinajstić information content (AvgIpc) is 3.03. The fourth-order valence-electron chi connectivity index (χ4n) is 2.64. The number of halogens is 1. The molecule has 1 heterocycles. The molecule has 0 saturated heterocycles. The quantitative estimate of drug-likeness (QED) is 0.581. The Morgan fingerprint density at radius 2 is 1.69 bits per heavy atom. The van der Waals surface area contributed by atoms with Crippen molar-refractivity contribution in [2.75, 3.05) is 6.54 Å². The van der Waals surface area contributed by atoms with E-state index in [2.05, 4.69) is 27.1 Å². The smallest absolute Gasteiger partial charge is 0.259 e. The maximum atomic E-state index is 12.9. The van der Waals surface area contributed by atoms with Gasteiger partial charge < -0.3 is 4.90 Å². The van der Waals surface area contributed by atoms with Gasteiger partial charge in [0.1, 0.15) is 11.1 Å². The van der Waals surface area contributed by atoms with Gasteiger partial charge >= 0.3 is 0 Å². The van der Waals surface area contributed by atoms with Gasteiger partial charge in [-0.25, -0.2) is 0 Å². The van der Waals surface area contributed by atoms with Gasteiger partial charge in [0.25, 0.3) is 5.91 Å². The summed E-state index contributed by atoms with van der Waals surface area (Å²) in [4.78, 5) is 14.4. The highest BCUT2D eigenvalue weighted by molar-refractivity contribution is 9.10. The molecule has 2 aromatic carbocycles. The van der Waals surface area contributed by atoms with Gasteiger partial charge in [-0.1, -0.05) is 60.7 Å². The molecule has 5 nitrogen and oxygen atoms in total. The summed E-state index contributed by atoms with van der Waals surface area (Å²) < 4.78 is 2.35. The van der Waals surface area contributed by atoms with Crippen LogP contribution in [0.3, 0.4) is 0 Å². The number of carbonyl (C=O) groups excluding carboxylic acids is 1. The number of nitriles is 1. The fourth-order valence-corrected chi connectivity index (χ4v) is 3.13. The summed E-state index contributed by atoms with van der Waals surface area (Å²) in [7, 11) is 0. The Kier molecular flexibility index (Phi) is 5.82. The summed E-state index contributed by atoms with van der Waals surface area (Å²) in [6.07, 6.45) is 1.55. The SMILES string of the molecule is N#CCN(Cc1ccccc1)C(=O)c1cnn(Cc2ccccc2)c1Br. The van der Waals surface area contributed by atoms with Gasteiger partial charge in [0.2, 0.25) is 0 Å². The van der Waals surface area contributed by atoms with Crippen LogP contribution in [0, 0.1) is 11.3 Å². The Morgan fingerprint density at radius 1 is 1.08 bits per heavy atom. The van der Waals surface area contributed by atoms with E-state index in [1.54, 1.807) is 10.9 Å². The number of benzene rings is 2. The van der Waals surface area contributed by atoms with Crippen LogP contribution in [0.2, 0.25) is 0 Å². The summed E-state index contributed by atoms with van der Waals surface area (Å²) in [6, 6.07) is 21.6. The van der Waals surface area contributed by atoms with Crippen molar-refractivity contribution >= 4 is 21.8 Å². The molecule has 3 rings (SSSR count). The highest BCUT2D eigenvalue weighted by Crippen LogP contribution is 2.20. The zero-order valence-electron chi connectivity index (χ0n) is 14.0. The van der Waals surface area contributed by atoms with Gasteiger partial charge in [0.15, 0.2) is 0 Å². The largest absolute Gasteiger partial charge is 0.321 e. The minimum Gasteiger partial charge on any atom is -0.321 e. The molecule has 0 aliphatic rings.